The number of rotatable bonds is 2. The zero-order valence-electron chi connectivity index (χ0n) is 8.68. The number of nitrogens with zero attached hydrogens (tertiary/aromatic N) is 1. The number of halogens is 4. The van der Waals surface area contributed by atoms with Crippen molar-refractivity contribution in [3.05, 3.63) is 34.3 Å². The average Bonchev–Trinajstić information content (AvgIpc) is 2.25. The van der Waals surface area contributed by atoms with Crippen LogP contribution in [0.3, 0.4) is 0 Å². The molecule has 1 aromatic carbocycles. The number of Topliss-reactive ketones (excluding diaryl/α,β-unsaturated/α-hetero) is 1. The molecule has 0 heterocycles. The minimum Gasteiger partial charge on any atom is -0.293 e. The normalized spacial score (nSPS) is 12.9. The van der Waals surface area contributed by atoms with Crippen LogP contribution in [0.5, 0.6) is 0 Å². The molecule has 0 aliphatic rings. The maximum atomic E-state index is 12.4. The van der Waals surface area contributed by atoms with Gasteiger partial charge in [-0.25, -0.2) is 0 Å². The van der Waals surface area contributed by atoms with Crippen LogP contribution >= 0.6 is 11.6 Å². The Hall–Kier alpha value is -1.54. The summed E-state index contributed by atoms with van der Waals surface area (Å²) in [4.78, 5) is 11.5. The summed E-state index contributed by atoms with van der Waals surface area (Å²) < 4.78 is 37.2. The number of nitriles is 1. The first-order valence-corrected chi connectivity index (χ1v) is 4.95. The number of ketones is 1. The molecular weight excluding hydrogens is 255 g/mol. The van der Waals surface area contributed by atoms with Crippen molar-refractivity contribution in [3.8, 4) is 6.07 Å². The fourth-order valence-electron chi connectivity index (χ4n) is 1.21. The van der Waals surface area contributed by atoms with Crippen molar-refractivity contribution >= 4 is 17.4 Å². The molecule has 1 atom stereocenters. The molecule has 1 aromatic rings. The number of hydrogen-bond donors (Lipinski definition) is 0. The summed E-state index contributed by atoms with van der Waals surface area (Å²) in [5.74, 6) is -1.47. The molecule has 0 N–H and O–H groups in total. The summed E-state index contributed by atoms with van der Waals surface area (Å²) in [6, 6.07) is 4.40. The van der Waals surface area contributed by atoms with Gasteiger partial charge in [0.05, 0.1) is 16.7 Å². The number of carbonyl (C=O) groups is 1. The number of carbonyl (C=O) groups excluding carboxylic acids is 1. The van der Waals surface area contributed by atoms with E-state index in [0.717, 1.165) is 18.2 Å². The second-order valence-electron chi connectivity index (χ2n) is 3.41. The van der Waals surface area contributed by atoms with Crippen molar-refractivity contribution in [2.45, 2.75) is 13.1 Å². The Morgan fingerprint density at radius 2 is 2.06 bits per heavy atom. The topological polar surface area (TPSA) is 40.9 Å². The van der Waals surface area contributed by atoms with Crippen LogP contribution in [-0.4, -0.2) is 5.78 Å². The average molecular weight is 262 g/mol. The van der Waals surface area contributed by atoms with E-state index in [0.29, 0.717) is 0 Å². The second kappa shape index (κ2) is 4.76. The molecule has 0 aliphatic carbocycles. The summed E-state index contributed by atoms with van der Waals surface area (Å²) in [5.41, 5.74) is -1.00. The molecule has 0 aromatic heterocycles. The molecule has 0 amide bonds. The van der Waals surface area contributed by atoms with E-state index in [9.17, 15) is 18.0 Å². The Morgan fingerprint density at radius 3 is 2.47 bits per heavy atom. The lowest BCUT2D eigenvalue weighted by atomic mass is 9.99. The number of benzene rings is 1. The lowest BCUT2D eigenvalue weighted by molar-refractivity contribution is -0.137. The van der Waals surface area contributed by atoms with Gasteiger partial charge in [0.25, 0.3) is 0 Å². The Balaban J connectivity index is 3.15. The lowest BCUT2D eigenvalue weighted by Crippen LogP contribution is -2.11. The van der Waals surface area contributed by atoms with Crippen LogP contribution in [-0.2, 0) is 6.18 Å². The first-order chi connectivity index (χ1) is 7.77. The molecule has 0 saturated heterocycles. The summed E-state index contributed by atoms with van der Waals surface area (Å²) in [5, 5.41) is 7.99. The summed E-state index contributed by atoms with van der Waals surface area (Å²) in [6.07, 6.45) is -4.56. The highest BCUT2D eigenvalue weighted by Gasteiger charge is 2.33. The van der Waals surface area contributed by atoms with Gasteiger partial charge >= 0.3 is 6.18 Å². The Labute approximate surface area is 101 Å². The molecule has 0 bridgehead atoms. The van der Waals surface area contributed by atoms with Crippen LogP contribution in [0.25, 0.3) is 0 Å². The molecule has 2 nitrogen and oxygen atoms in total. The highest BCUT2D eigenvalue weighted by atomic mass is 35.5. The summed E-state index contributed by atoms with van der Waals surface area (Å²) >= 11 is 5.45. The lowest BCUT2D eigenvalue weighted by Gasteiger charge is -2.10. The smallest absolute Gasteiger partial charge is 0.293 e. The van der Waals surface area contributed by atoms with Crippen molar-refractivity contribution in [1.29, 1.82) is 5.26 Å². The molecule has 0 radical (unpaired) electrons. The third kappa shape index (κ3) is 2.98. The van der Waals surface area contributed by atoms with Gasteiger partial charge in [-0.15, -0.1) is 0 Å². The molecule has 1 unspecified atom stereocenters. The number of hydrogen-bond acceptors (Lipinski definition) is 2. The van der Waals surface area contributed by atoms with E-state index in [1.807, 2.05) is 0 Å². The molecule has 0 aliphatic heterocycles. The second-order valence-corrected chi connectivity index (χ2v) is 3.81. The minimum atomic E-state index is -4.56. The van der Waals surface area contributed by atoms with E-state index in [1.165, 1.54) is 6.92 Å². The van der Waals surface area contributed by atoms with Crippen molar-refractivity contribution in [1.82, 2.24) is 0 Å². The highest BCUT2D eigenvalue weighted by molar-refractivity contribution is 6.31. The van der Waals surface area contributed by atoms with Gasteiger partial charge in [-0.1, -0.05) is 17.7 Å². The Kier molecular flexibility index (Phi) is 3.79. The Morgan fingerprint density at radius 1 is 1.47 bits per heavy atom. The van der Waals surface area contributed by atoms with Gasteiger partial charge in [0.1, 0.15) is 5.92 Å². The van der Waals surface area contributed by atoms with E-state index in [2.05, 4.69) is 0 Å². The van der Waals surface area contributed by atoms with Gasteiger partial charge in [0.2, 0.25) is 0 Å². The highest BCUT2D eigenvalue weighted by Crippen LogP contribution is 2.35. The first kappa shape index (κ1) is 13.5. The number of alkyl halides is 3. The molecule has 90 valence electrons. The van der Waals surface area contributed by atoms with Crippen LogP contribution < -0.4 is 0 Å². The van der Waals surface area contributed by atoms with Gasteiger partial charge < -0.3 is 0 Å². The third-order valence-corrected chi connectivity index (χ3v) is 2.46. The monoisotopic (exact) mass is 261 g/mol. The Bertz CT molecular complexity index is 490. The molecule has 0 saturated carbocycles. The van der Waals surface area contributed by atoms with E-state index >= 15 is 0 Å². The van der Waals surface area contributed by atoms with E-state index in [1.54, 1.807) is 6.07 Å². The van der Waals surface area contributed by atoms with Gasteiger partial charge in [-0.05, 0) is 19.1 Å². The van der Waals surface area contributed by atoms with Crippen molar-refractivity contribution in [2.75, 3.05) is 0 Å². The van der Waals surface area contributed by atoms with Gasteiger partial charge in [-0.2, -0.15) is 18.4 Å². The largest absolute Gasteiger partial charge is 0.417 e. The molecule has 6 heteroatoms. The quantitative estimate of drug-likeness (QED) is 0.762. The summed E-state index contributed by atoms with van der Waals surface area (Å²) in [7, 11) is 0. The molecule has 1 rings (SSSR count). The van der Waals surface area contributed by atoms with Crippen molar-refractivity contribution in [2.24, 2.45) is 5.92 Å². The van der Waals surface area contributed by atoms with Crippen LogP contribution in [0.15, 0.2) is 18.2 Å². The van der Waals surface area contributed by atoms with Crippen molar-refractivity contribution in [3.63, 3.8) is 0 Å². The van der Waals surface area contributed by atoms with Crippen LogP contribution in [0.1, 0.15) is 22.8 Å². The fraction of sp³-hybridized carbons (Fsp3) is 0.273. The third-order valence-electron chi connectivity index (χ3n) is 2.15. The van der Waals surface area contributed by atoms with E-state index in [-0.39, 0.29) is 5.56 Å². The molecule has 0 fully saturated rings. The molecule has 0 spiro atoms. The van der Waals surface area contributed by atoms with Crippen LogP contribution in [0, 0.1) is 17.2 Å². The van der Waals surface area contributed by atoms with E-state index in [4.69, 9.17) is 16.9 Å². The zero-order valence-corrected chi connectivity index (χ0v) is 9.43. The summed E-state index contributed by atoms with van der Waals surface area (Å²) in [6.45, 7) is 1.37. The predicted molar refractivity (Wildman–Crippen MR) is 55.6 cm³/mol. The van der Waals surface area contributed by atoms with Gasteiger partial charge in [0.15, 0.2) is 5.78 Å². The fourth-order valence-corrected chi connectivity index (χ4v) is 1.49. The van der Waals surface area contributed by atoms with Crippen LogP contribution in [0.4, 0.5) is 13.2 Å². The zero-order chi connectivity index (χ0) is 13.2. The maximum Gasteiger partial charge on any atom is 0.417 e. The standard InChI is InChI=1S/C11H7ClF3NO/c1-6(5-16)10(17)7-2-3-8(9(12)4-7)11(13,14)15/h2-4,6H,1H3. The molecule has 17 heavy (non-hydrogen) atoms. The predicted octanol–water partition coefficient (Wildman–Crippen LogP) is 3.70. The minimum absolute atomic E-state index is 0.00273. The van der Waals surface area contributed by atoms with E-state index < -0.39 is 28.5 Å². The maximum absolute atomic E-state index is 12.4. The van der Waals surface area contributed by atoms with Crippen LogP contribution in [0.2, 0.25) is 5.02 Å². The molecular formula is C11H7ClF3NO. The van der Waals surface area contributed by atoms with Gasteiger partial charge in [-0.3, -0.25) is 4.79 Å². The van der Waals surface area contributed by atoms with Gasteiger partial charge in [0, 0.05) is 5.56 Å². The first-order valence-electron chi connectivity index (χ1n) is 4.58. The van der Waals surface area contributed by atoms with Crippen molar-refractivity contribution < 1.29 is 18.0 Å². The SMILES string of the molecule is CC(C#N)C(=O)c1ccc(C(F)(F)F)c(Cl)c1.